The summed E-state index contributed by atoms with van der Waals surface area (Å²) in [7, 11) is 1.60. The van der Waals surface area contributed by atoms with Gasteiger partial charge in [0.15, 0.2) is 17.1 Å². The average Bonchev–Trinajstić information content (AvgIpc) is 3.09. The molecule has 0 spiro atoms. The molecule has 0 saturated carbocycles. The Morgan fingerprint density at radius 3 is 2.81 bits per heavy atom. The Morgan fingerprint density at radius 2 is 2.03 bits per heavy atom. The van der Waals surface area contributed by atoms with E-state index in [0.717, 1.165) is 45.1 Å². The Bertz CT molecular complexity index is 1250. The fourth-order valence-corrected chi connectivity index (χ4v) is 4.04. The van der Waals surface area contributed by atoms with Crippen LogP contribution >= 0.6 is 15.9 Å². The molecule has 0 aliphatic rings. The van der Waals surface area contributed by atoms with Crippen molar-refractivity contribution < 1.29 is 9.47 Å². The van der Waals surface area contributed by atoms with E-state index in [9.17, 15) is 0 Å². The molecule has 0 saturated heterocycles. The highest BCUT2D eigenvalue weighted by molar-refractivity contribution is 9.10. The van der Waals surface area contributed by atoms with Crippen LogP contribution in [0.3, 0.4) is 0 Å². The third-order valence-corrected chi connectivity index (χ3v) is 5.33. The lowest BCUT2D eigenvalue weighted by Gasteiger charge is -2.11. The van der Waals surface area contributed by atoms with Crippen molar-refractivity contribution >= 4 is 50.2 Å². The van der Waals surface area contributed by atoms with Gasteiger partial charge in [0.05, 0.1) is 29.9 Å². The molecule has 0 bridgehead atoms. The molecule has 31 heavy (non-hydrogen) atoms. The molecule has 0 atom stereocenters. The summed E-state index contributed by atoms with van der Waals surface area (Å²) in [5.41, 5.74) is 6.40. The van der Waals surface area contributed by atoms with Crippen molar-refractivity contribution in [2.45, 2.75) is 26.8 Å². The van der Waals surface area contributed by atoms with Crippen LogP contribution in [-0.4, -0.2) is 39.7 Å². The minimum absolute atomic E-state index is 0.334. The first-order valence-corrected chi connectivity index (χ1v) is 10.9. The minimum atomic E-state index is 0.334. The zero-order valence-electron chi connectivity index (χ0n) is 17.6. The maximum absolute atomic E-state index is 5.62. The zero-order valence-corrected chi connectivity index (χ0v) is 19.2. The molecular weight excluding hydrogens is 460 g/mol. The van der Waals surface area contributed by atoms with Crippen molar-refractivity contribution in [1.82, 2.24) is 19.7 Å². The van der Waals surface area contributed by atoms with Crippen LogP contribution in [0.1, 0.15) is 25.8 Å². The van der Waals surface area contributed by atoms with Crippen LogP contribution in [0.5, 0.6) is 11.5 Å². The van der Waals surface area contributed by atoms with Gasteiger partial charge in [-0.15, -0.1) is 10.2 Å². The monoisotopic (exact) mass is 482 g/mol. The Kier molecular flexibility index (Phi) is 6.31. The van der Waals surface area contributed by atoms with Gasteiger partial charge < -0.3 is 14.0 Å². The molecule has 4 rings (SSSR count). The van der Waals surface area contributed by atoms with E-state index < -0.39 is 0 Å². The van der Waals surface area contributed by atoms with E-state index in [1.807, 2.05) is 37.3 Å². The predicted octanol–water partition coefficient (Wildman–Crippen LogP) is 5.01. The number of para-hydroxylation sites is 1. The van der Waals surface area contributed by atoms with E-state index in [-0.39, 0.29) is 0 Å². The summed E-state index contributed by atoms with van der Waals surface area (Å²) in [5, 5.41) is 13.9. The maximum Gasteiger partial charge on any atom is 0.265 e. The second-order valence-corrected chi connectivity index (χ2v) is 7.67. The molecule has 8 nitrogen and oxygen atoms in total. The molecule has 0 aliphatic heterocycles. The average molecular weight is 483 g/mol. The van der Waals surface area contributed by atoms with Crippen LogP contribution in [-0.2, 0) is 6.54 Å². The zero-order chi connectivity index (χ0) is 21.8. The van der Waals surface area contributed by atoms with Crippen LogP contribution in [0.2, 0.25) is 0 Å². The van der Waals surface area contributed by atoms with Crippen LogP contribution < -0.4 is 14.9 Å². The van der Waals surface area contributed by atoms with Gasteiger partial charge in [-0.25, -0.2) is 5.43 Å². The number of hydrogen-bond donors (Lipinski definition) is 1. The molecule has 2 aromatic heterocycles. The van der Waals surface area contributed by atoms with E-state index in [1.165, 1.54) is 0 Å². The van der Waals surface area contributed by atoms with Crippen molar-refractivity contribution in [3.05, 3.63) is 46.4 Å². The topological polar surface area (TPSA) is 86.5 Å². The molecule has 4 aromatic rings. The summed E-state index contributed by atoms with van der Waals surface area (Å²) in [4.78, 5) is 4.66. The first kappa shape index (κ1) is 21.0. The molecular formula is C22H23BrN6O2. The third-order valence-electron chi connectivity index (χ3n) is 4.74. The molecule has 2 heterocycles. The predicted molar refractivity (Wildman–Crippen MR) is 126 cm³/mol. The number of anilines is 1. The van der Waals surface area contributed by atoms with Gasteiger partial charge >= 0.3 is 0 Å². The summed E-state index contributed by atoms with van der Waals surface area (Å²) in [6, 6.07) is 11.9. The summed E-state index contributed by atoms with van der Waals surface area (Å²) >= 11 is 3.52. The maximum atomic E-state index is 5.62. The number of fused-ring (bicyclic) bond motifs is 3. The number of methoxy groups -OCH3 is 1. The van der Waals surface area contributed by atoms with Gasteiger partial charge in [0.25, 0.3) is 5.95 Å². The van der Waals surface area contributed by atoms with Gasteiger partial charge in [0.1, 0.15) is 5.52 Å². The molecule has 0 amide bonds. The lowest BCUT2D eigenvalue weighted by Crippen LogP contribution is -2.03. The fourth-order valence-electron chi connectivity index (χ4n) is 3.46. The molecule has 0 radical (unpaired) electrons. The van der Waals surface area contributed by atoms with Crippen molar-refractivity contribution in [2.75, 3.05) is 19.1 Å². The van der Waals surface area contributed by atoms with E-state index >= 15 is 0 Å². The summed E-state index contributed by atoms with van der Waals surface area (Å²) < 4.78 is 14.0. The number of nitrogens with zero attached hydrogens (tertiary/aromatic N) is 5. The SMILES string of the molecule is CCCn1c2ccccc2c2nnc(N/N=C/c3cc(Br)c(OCC)c(OC)c3)nc21. The number of aryl methyl sites for hydroxylation is 1. The van der Waals surface area contributed by atoms with Crippen LogP contribution in [0.25, 0.3) is 22.1 Å². The lowest BCUT2D eigenvalue weighted by atomic mass is 10.2. The molecule has 2 aromatic carbocycles. The number of rotatable bonds is 8. The van der Waals surface area contributed by atoms with Gasteiger partial charge in [0, 0.05) is 11.9 Å². The third kappa shape index (κ3) is 4.18. The van der Waals surface area contributed by atoms with E-state index in [2.05, 4.69) is 59.2 Å². The molecule has 160 valence electrons. The quantitative estimate of drug-likeness (QED) is 0.280. The molecule has 0 aliphatic carbocycles. The number of ether oxygens (including phenoxy) is 2. The standard InChI is InChI=1S/C22H23BrN6O2/c1-4-10-29-17-9-7-6-8-15(17)19-21(29)25-22(28-26-19)27-24-13-14-11-16(23)20(31-5-2)18(12-14)30-3/h6-9,11-13H,4-5,10H2,1-3H3,(H,25,27,28)/b24-13+. The Labute approximate surface area is 188 Å². The van der Waals surface area contributed by atoms with Gasteiger partial charge in [-0.2, -0.15) is 10.1 Å². The second-order valence-electron chi connectivity index (χ2n) is 6.81. The van der Waals surface area contributed by atoms with Crippen molar-refractivity contribution in [1.29, 1.82) is 0 Å². The summed E-state index contributed by atoms with van der Waals surface area (Å²) in [6.45, 7) is 5.47. The first-order valence-electron chi connectivity index (χ1n) is 10.1. The molecule has 9 heteroatoms. The highest BCUT2D eigenvalue weighted by atomic mass is 79.9. The highest BCUT2D eigenvalue weighted by Crippen LogP contribution is 2.36. The van der Waals surface area contributed by atoms with Crippen LogP contribution in [0.15, 0.2) is 46.0 Å². The number of hydrazone groups is 1. The molecule has 0 unspecified atom stereocenters. The Hall–Kier alpha value is -3.20. The van der Waals surface area contributed by atoms with Gasteiger partial charge in [-0.05, 0) is 53.0 Å². The van der Waals surface area contributed by atoms with E-state index in [0.29, 0.717) is 24.1 Å². The number of nitrogens with one attached hydrogen (secondary N) is 1. The van der Waals surface area contributed by atoms with Crippen LogP contribution in [0.4, 0.5) is 5.95 Å². The van der Waals surface area contributed by atoms with Crippen molar-refractivity contribution in [3.63, 3.8) is 0 Å². The van der Waals surface area contributed by atoms with E-state index in [1.54, 1.807) is 13.3 Å². The number of hydrogen-bond acceptors (Lipinski definition) is 7. The molecule has 1 N–H and O–H groups in total. The van der Waals surface area contributed by atoms with Crippen molar-refractivity contribution in [3.8, 4) is 11.5 Å². The van der Waals surface area contributed by atoms with Gasteiger partial charge in [0.2, 0.25) is 0 Å². The lowest BCUT2D eigenvalue weighted by molar-refractivity contribution is 0.309. The second kappa shape index (κ2) is 9.30. The van der Waals surface area contributed by atoms with Crippen molar-refractivity contribution in [2.24, 2.45) is 5.10 Å². The molecule has 0 fully saturated rings. The van der Waals surface area contributed by atoms with Gasteiger partial charge in [-0.1, -0.05) is 25.1 Å². The largest absolute Gasteiger partial charge is 0.493 e. The Balaban J connectivity index is 1.62. The highest BCUT2D eigenvalue weighted by Gasteiger charge is 2.14. The summed E-state index contributed by atoms with van der Waals surface area (Å²) in [6.07, 6.45) is 2.66. The minimum Gasteiger partial charge on any atom is -0.493 e. The number of halogens is 1. The van der Waals surface area contributed by atoms with E-state index in [4.69, 9.17) is 9.47 Å². The first-order chi connectivity index (χ1) is 15.2. The van der Waals surface area contributed by atoms with Crippen LogP contribution in [0, 0.1) is 0 Å². The normalized spacial score (nSPS) is 11.5. The Morgan fingerprint density at radius 1 is 1.19 bits per heavy atom. The summed E-state index contributed by atoms with van der Waals surface area (Å²) in [5.74, 6) is 1.62. The number of aromatic nitrogens is 4. The fraction of sp³-hybridized carbons (Fsp3) is 0.273. The van der Waals surface area contributed by atoms with Gasteiger partial charge in [-0.3, -0.25) is 0 Å². The smallest absolute Gasteiger partial charge is 0.265 e. The number of benzene rings is 2.